The molecule has 0 bridgehead atoms. The highest BCUT2D eigenvalue weighted by Gasteiger charge is 2.02. The largest absolute Gasteiger partial charge is 0.478 e. The van der Waals surface area contributed by atoms with E-state index >= 15 is 0 Å². The maximum absolute atomic E-state index is 7.48. The first-order valence-corrected chi connectivity index (χ1v) is 4.88. The Kier molecular flexibility index (Phi) is 3.29. The van der Waals surface area contributed by atoms with Gasteiger partial charge in [-0.05, 0) is 36.2 Å². The van der Waals surface area contributed by atoms with Crippen molar-refractivity contribution in [3.8, 4) is 0 Å². The van der Waals surface area contributed by atoms with Gasteiger partial charge in [0.15, 0.2) is 5.90 Å². The molecule has 0 fully saturated rings. The number of hydrogen-bond donors (Lipinski definition) is 1. The van der Waals surface area contributed by atoms with Crippen LogP contribution in [0.1, 0.15) is 19.4 Å². The van der Waals surface area contributed by atoms with Crippen LogP contribution >= 0.6 is 11.3 Å². The fourth-order valence-electron chi connectivity index (χ4n) is 0.905. The van der Waals surface area contributed by atoms with E-state index in [0.29, 0.717) is 12.3 Å². The summed E-state index contributed by atoms with van der Waals surface area (Å²) in [6.07, 6.45) is 0.720. The fourth-order valence-corrected chi connectivity index (χ4v) is 1.57. The second-order valence-electron chi connectivity index (χ2n) is 2.90. The zero-order chi connectivity index (χ0) is 8.97. The van der Waals surface area contributed by atoms with Gasteiger partial charge in [-0.15, -0.1) is 0 Å². The van der Waals surface area contributed by atoms with Crippen molar-refractivity contribution in [2.45, 2.75) is 26.4 Å². The number of ether oxygens (including phenoxy) is 1. The van der Waals surface area contributed by atoms with E-state index in [9.17, 15) is 0 Å². The summed E-state index contributed by atoms with van der Waals surface area (Å²) in [4.78, 5) is 0. The molecule has 1 heterocycles. The lowest BCUT2D eigenvalue weighted by Crippen LogP contribution is -2.12. The van der Waals surface area contributed by atoms with Gasteiger partial charge < -0.3 is 4.74 Å². The van der Waals surface area contributed by atoms with Gasteiger partial charge in [-0.1, -0.05) is 0 Å². The van der Waals surface area contributed by atoms with Gasteiger partial charge in [0.05, 0.1) is 6.10 Å². The van der Waals surface area contributed by atoms with E-state index in [2.05, 4.69) is 0 Å². The van der Waals surface area contributed by atoms with Crippen molar-refractivity contribution in [1.29, 1.82) is 5.41 Å². The second-order valence-corrected chi connectivity index (χ2v) is 3.68. The van der Waals surface area contributed by atoms with Crippen LogP contribution in [-0.2, 0) is 11.2 Å². The van der Waals surface area contributed by atoms with E-state index in [1.807, 2.05) is 30.7 Å². The molecule has 0 aliphatic carbocycles. The number of nitrogens with one attached hydrogen (secondary N) is 1. The summed E-state index contributed by atoms with van der Waals surface area (Å²) in [5.74, 6) is 0.350. The fraction of sp³-hybridized carbons (Fsp3) is 0.444. The Morgan fingerprint density at radius 3 is 2.92 bits per heavy atom. The highest BCUT2D eigenvalue weighted by Crippen LogP contribution is 2.07. The molecule has 0 aromatic carbocycles. The van der Waals surface area contributed by atoms with Gasteiger partial charge in [0, 0.05) is 6.42 Å². The van der Waals surface area contributed by atoms with Crippen LogP contribution in [0.15, 0.2) is 16.8 Å². The van der Waals surface area contributed by atoms with E-state index in [-0.39, 0.29) is 6.10 Å². The Hall–Kier alpha value is -0.830. The predicted molar refractivity (Wildman–Crippen MR) is 52.0 cm³/mol. The molecule has 1 N–H and O–H groups in total. The molecule has 0 amide bonds. The molecule has 1 rings (SSSR count). The monoisotopic (exact) mass is 183 g/mol. The maximum atomic E-state index is 7.48. The van der Waals surface area contributed by atoms with E-state index < -0.39 is 0 Å². The van der Waals surface area contributed by atoms with Crippen molar-refractivity contribution in [1.82, 2.24) is 0 Å². The minimum absolute atomic E-state index is 0.108. The van der Waals surface area contributed by atoms with Gasteiger partial charge in [-0.2, -0.15) is 11.3 Å². The topological polar surface area (TPSA) is 33.1 Å². The molecule has 0 radical (unpaired) electrons. The van der Waals surface area contributed by atoms with Gasteiger partial charge in [-0.25, -0.2) is 0 Å². The average Bonchev–Trinajstić information content (AvgIpc) is 2.37. The van der Waals surface area contributed by atoms with Crippen LogP contribution in [0.5, 0.6) is 0 Å². The third kappa shape index (κ3) is 3.05. The molecule has 0 atom stereocenters. The van der Waals surface area contributed by atoms with Crippen molar-refractivity contribution in [2.75, 3.05) is 0 Å². The molecule has 1 aromatic rings. The van der Waals surface area contributed by atoms with Crippen molar-refractivity contribution in [2.24, 2.45) is 0 Å². The molecule has 2 nitrogen and oxygen atoms in total. The van der Waals surface area contributed by atoms with Crippen LogP contribution in [-0.4, -0.2) is 12.0 Å². The summed E-state index contributed by atoms with van der Waals surface area (Å²) in [5, 5.41) is 11.5. The third-order valence-electron chi connectivity index (χ3n) is 1.32. The molecular weight excluding hydrogens is 170 g/mol. The molecule has 3 heteroatoms. The summed E-state index contributed by atoms with van der Waals surface area (Å²) in [6, 6.07) is 2.02. The lowest BCUT2D eigenvalue weighted by Gasteiger charge is -2.09. The van der Waals surface area contributed by atoms with E-state index in [1.54, 1.807) is 11.3 Å². The molecule has 12 heavy (non-hydrogen) atoms. The van der Waals surface area contributed by atoms with Gasteiger partial charge in [0.2, 0.25) is 0 Å². The Balaban J connectivity index is 2.37. The third-order valence-corrected chi connectivity index (χ3v) is 2.05. The molecule has 0 aliphatic rings. The van der Waals surface area contributed by atoms with Crippen molar-refractivity contribution >= 4 is 17.2 Å². The minimum Gasteiger partial charge on any atom is -0.478 e. The van der Waals surface area contributed by atoms with Crippen molar-refractivity contribution in [3.63, 3.8) is 0 Å². The molecule has 1 aromatic heterocycles. The standard InChI is InChI=1S/C9H13NOS/c1-7(2)11-9(10)5-8-3-4-12-6-8/h3-4,6-7,10H,5H2,1-2H3. The van der Waals surface area contributed by atoms with Crippen molar-refractivity contribution < 1.29 is 4.74 Å². The smallest absolute Gasteiger partial charge is 0.185 e. The zero-order valence-electron chi connectivity index (χ0n) is 7.33. The summed E-state index contributed by atoms with van der Waals surface area (Å²) >= 11 is 1.65. The normalized spacial score (nSPS) is 10.2. The van der Waals surface area contributed by atoms with Gasteiger partial charge in [-0.3, -0.25) is 5.41 Å². The Morgan fingerprint density at radius 1 is 1.67 bits per heavy atom. The SMILES string of the molecule is CC(C)OC(=N)Cc1ccsc1. The lowest BCUT2D eigenvalue weighted by atomic mass is 10.2. The van der Waals surface area contributed by atoms with Gasteiger partial charge in [0.25, 0.3) is 0 Å². The summed E-state index contributed by atoms with van der Waals surface area (Å²) < 4.78 is 5.21. The maximum Gasteiger partial charge on any atom is 0.185 e. The first-order chi connectivity index (χ1) is 5.68. The van der Waals surface area contributed by atoms with Crippen LogP contribution in [0.2, 0.25) is 0 Å². The number of hydrogen-bond acceptors (Lipinski definition) is 3. The summed E-state index contributed by atoms with van der Waals surface area (Å²) in [6.45, 7) is 3.87. The molecule has 66 valence electrons. The van der Waals surface area contributed by atoms with Crippen LogP contribution in [0.3, 0.4) is 0 Å². The number of thiophene rings is 1. The second kappa shape index (κ2) is 4.26. The molecule has 0 aliphatic heterocycles. The molecule has 0 saturated carbocycles. The molecule has 0 spiro atoms. The Labute approximate surface area is 76.7 Å². The van der Waals surface area contributed by atoms with Crippen LogP contribution < -0.4 is 0 Å². The van der Waals surface area contributed by atoms with E-state index in [1.165, 1.54) is 0 Å². The molecule has 0 saturated heterocycles. The molecule has 0 unspecified atom stereocenters. The molecular formula is C9H13NOS. The zero-order valence-corrected chi connectivity index (χ0v) is 8.15. The van der Waals surface area contributed by atoms with Gasteiger partial charge >= 0.3 is 0 Å². The van der Waals surface area contributed by atoms with Crippen LogP contribution in [0.25, 0.3) is 0 Å². The minimum atomic E-state index is 0.108. The highest BCUT2D eigenvalue weighted by molar-refractivity contribution is 7.07. The van der Waals surface area contributed by atoms with E-state index in [4.69, 9.17) is 10.1 Å². The average molecular weight is 183 g/mol. The summed E-state index contributed by atoms with van der Waals surface area (Å²) in [5.41, 5.74) is 1.16. The number of rotatable bonds is 3. The van der Waals surface area contributed by atoms with Crippen LogP contribution in [0, 0.1) is 5.41 Å². The van der Waals surface area contributed by atoms with Crippen LogP contribution in [0.4, 0.5) is 0 Å². The highest BCUT2D eigenvalue weighted by atomic mass is 32.1. The van der Waals surface area contributed by atoms with E-state index in [0.717, 1.165) is 5.56 Å². The van der Waals surface area contributed by atoms with Crippen molar-refractivity contribution in [3.05, 3.63) is 22.4 Å². The Morgan fingerprint density at radius 2 is 2.42 bits per heavy atom. The quantitative estimate of drug-likeness (QED) is 0.567. The lowest BCUT2D eigenvalue weighted by molar-refractivity contribution is 0.221. The van der Waals surface area contributed by atoms with Gasteiger partial charge in [0.1, 0.15) is 0 Å². The Bertz CT molecular complexity index is 241. The predicted octanol–water partition coefficient (Wildman–Crippen LogP) is 2.69. The first-order valence-electron chi connectivity index (χ1n) is 3.93. The summed E-state index contributed by atoms with van der Waals surface area (Å²) in [7, 11) is 0. The first kappa shape index (κ1) is 9.26.